The molecular formula is C11H13N3O3. The van der Waals surface area contributed by atoms with E-state index in [1.165, 1.54) is 4.90 Å². The van der Waals surface area contributed by atoms with Crippen molar-refractivity contribution >= 4 is 23.4 Å². The molecule has 6 nitrogen and oxygen atoms in total. The normalized spacial score (nSPS) is 17.9. The first kappa shape index (κ1) is 11.3. The summed E-state index contributed by atoms with van der Waals surface area (Å²) in [6, 6.07) is 4.59. The van der Waals surface area contributed by atoms with E-state index in [9.17, 15) is 9.59 Å². The van der Waals surface area contributed by atoms with Crippen molar-refractivity contribution in [3.63, 3.8) is 0 Å². The molecule has 1 heterocycles. The van der Waals surface area contributed by atoms with E-state index in [2.05, 4.69) is 0 Å². The molecule has 6 heteroatoms. The molecule has 5 N–H and O–H groups in total. The third kappa shape index (κ3) is 2.01. The zero-order valence-corrected chi connectivity index (χ0v) is 9.09. The van der Waals surface area contributed by atoms with E-state index < -0.39 is 18.0 Å². The van der Waals surface area contributed by atoms with Crippen LogP contribution in [-0.4, -0.2) is 23.1 Å². The van der Waals surface area contributed by atoms with E-state index in [-0.39, 0.29) is 6.42 Å². The van der Waals surface area contributed by atoms with E-state index in [4.69, 9.17) is 16.6 Å². The number of carbonyl (C=O) groups excluding carboxylic acids is 1. The Morgan fingerprint density at radius 1 is 1.47 bits per heavy atom. The molecule has 0 spiro atoms. The first-order chi connectivity index (χ1) is 7.99. The van der Waals surface area contributed by atoms with Gasteiger partial charge in [0.25, 0.3) is 0 Å². The Hall–Kier alpha value is -2.24. The lowest BCUT2D eigenvalue weighted by molar-refractivity contribution is -0.118. The monoisotopic (exact) mass is 235 g/mol. The van der Waals surface area contributed by atoms with Gasteiger partial charge >= 0.3 is 6.09 Å². The fraction of sp³-hybridized carbons (Fsp3) is 0.273. The van der Waals surface area contributed by atoms with E-state index in [1.807, 2.05) is 0 Å². The Bertz CT molecular complexity index is 487. The van der Waals surface area contributed by atoms with Crippen LogP contribution in [0.3, 0.4) is 0 Å². The van der Waals surface area contributed by atoms with Gasteiger partial charge in [-0.1, -0.05) is 0 Å². The predicted octanol–water partition coefficient (Wildman–Crippen LogP) is 0.553. The van der Waals surface area contributed by atoms with E-state index in [0.29, 0.717) is 17.8 Å². The fourth-order valence-electron chi connectivity index (χ4n) is 2.20. The van der Waals surface area contributed by atoms with Crippen molar-refractivity contribution in [2.24, 2.45) is 5.73 Å². The Kier molecular flexibility index (Phi) is 2.63. The van der Waals surface area contributed by atoms with Crippen LogP contribution in [-0.2, 0) is 11.2 Å². The molecule has 1 aliphatic heterocycles. The van der Waals surface area contributed by atoms with Crippen LogP contribution >= 0.6 is 0 Å². The molecule has 1 aliphatic rings. The molecule has 0 saturated heterocycles. The van der Waals surface area contributed by atoms with E-state index >= 15 is 0 Å². The number of nitrogens with zero attached hydrogens (tertiary/aromatic N) is 1. The summed E-state index contributed by atoms with van der Waals surface area (Å²) in [4.78, 5) is 23.3. The van der Waals surface area contributed by atoms with Gasteiger partial charge < -0.3 is 16.6 Å². The molecule has 0 bridgehead atoms. The van der Waals surface area contributed by atoms with Crippen LogP contribution in [0.4, 0.5) is 16.2 Å². The van der Waals surface area contributed by atoms with Gasteiger partial charge in [-0.25, -0.2) is 4.79 Å². The summed E-state index contributed by atoms with van der Waals surface area (Å²) in [6.07, 6.45) is -0.601. The summed E-state index contributed by atoms with van der Waals surface area (Å²) in [5, 5.41) is 9.16. The molecule has 0 radical (unpaired) electrons. The number of fused-ring (bicyclic) bond motifs is 1. The second-order valence-corrected chi connectivity index (χ2v) is 4.07. The number of rotatable bonds is 2. The topological polar surface area (TPSA) is 110 Å². The number of nitrogen functional groups attached to an aromatic ring is 1. The zero-order chi connectivity index (χ0) is 12.6. The highest BCUT2D eigenvalue weighted by atomic mass is 16.4. The first-order valence-electron chi connectivity index (χ1n) is 5.18. The van der Waals surface area contributed by atoms with Gasteiger partial charge in [-0.15, -0.1) is 0 Å². The highest BCUT2D eigenvalue weighted by Gasteiger charge is 2.34. The third-order valence-corrected chi connectivity index (χ3v) is 2.83. The summed E-state index contributed by atoms with van der Waals surface area (Å²) >= 11 is 0. The second kappa shape index (κ2) is 3.97. The standard InChI is InChI=1S/C11H13N3O3/c12-7-1-2-9-6(3-7)4-8(5-10(13)15)14(9)11(16)17/h1-3,8H,4-5,12H2,(H2,13,15)(H,16,17). The van der Waals surface area contributed by atoms with E-state index in [0.717, 1.165) is 5.56 Å². The quantitative estimate of drug-likeness (QED) is 0.650. The van der Waals surface area contributed by atoms with Gasteiger partial charge in [-0.05, 0) is 30.2 Å². The van der Waals surface area contributed by atoms with Crippen molar-refractivity contribution in [2.75, 3.05) is 10.6 Å². The van der Waals surface area contributed by atoms with Crippen molar-refractivity contribution in [3.05, 3.63) is 23.8 Å². The van der Waals surface area contributed by atoms with Gasteiger partial charge in [0, 0.05) is 12.1 Å². The Morgan fingerprint density at radius 2 is 2.18 bits per heavy atom. The number of hydrogen-bond acceptors (Lipinski definition) is 3. The minimum Gasteiger partial charge on any atom is -0.465 e. The van der Waals surface area contributed by atoms with Crippen molar-refractivity contribution in [3.8, 4) is 0 Å². The first-order valence-corrected chi connectivity index (χ1v) is 5.18. The van der Waals surface area contributed by atoms with Crippen LogP contribution in [0.15, 0.2) is 18.2 Å². The molecule has 1 atom stereocenters. The van der Waals surface area contributed by atoms with Crippen LogP contribution in [0.25, 0.3) is 0 Å². The number of hydrogen-bond donors (Lipinski definition) is 3. The van der Waals surface area contributed by atoms with Gasteiger partial charge in [0.05, 0.1) is 11.7 Å². The van der Waals surface area contributed by atoms with Crippen LogP contribution < -0.4 is 16.4 Å². The molecule has 0 fully saturated rings. The summed E-state index contributed by atoms with van der Waals surface area (Å²) in [5.74, 6) is -0.512. The minimum atomic E-state index is -1.08. The zero-order valence-electron chi connectivity index (χ0n) is 9.09. The molecular weight excluding hydrogens is 222 g/mol. The number of carbonyl (C=O) groups is 2. The molecule has 1 unspecified atom stereocenters. The Balaban J connectivity index is 2.37. The molecule has 0 saturated carbocycles. The lowest BCUT2D eigenvalue weighted by atomic mass is 10.1. The van der Waals surface area contributed by atoms with Gasteiger partial charge in [0.15, 0.2) is 0 Å². The maximum atomic E-state index is 11.2. The van der Waals surface area contributed by atoms with Crippen LogP contribution in [0, 0.1) is 0 Å². The molecule has 0 aromatic heterocycles. The van der Waals surface area contributed by atoms with Crippen LogP contribution in [0.2, 0.25) is 0 Å². The lowest BCUT2D eigenvalue weighted by Gasteiger charge is -2.21. The van der Waals surface area contributed by atoms with Gasteiger partial charge in [-0.3, -0.25) is 9.69 Å². The van der Waals surface area contributed by atoms with Gasteiger partial charge in [0.1, 0.15) is 0 Å². The maximum absolute atomic E-state index is 11.2. The number of nitrogens with two attached hydrogens (primary N) is 2. The van der Waals surface area contributed by atoms with Gasteiger partial charge in [-0.2, -0.15) is 0 Å². The SMILES string of the molecule is NC(=O)CC1Cc2cc(N)ccc2N1C(=O)O. The Labute approximate surface area is 97.8 Å². The third-order valence-electron chi connectivity index (χ3n) is 2.83. The van der Waals surface area contributed by atoms with Crippen LogP contribution in [0.1, 0.15) is 12.0 Å². The maximum Gasteiger partial charge on any atom is 0.412 e. The molecule has 1 aromatic rings. The molecule has 2 amide bonds. The minimum absolute atomic E-state index is 0.0148. The summed E-state index contributed by atoms with van der Waals surface area (Å²) in [5.41, 5.74) is 12.7. The summed E-state index contributed by atoms with van der Waals surface area (Å²) < 4.78 is 0. The van der Waals surface area contributed by atoms with Gasteiger partial charge in [0.2, 0.25) is 5.91 Å². The average Bonchev–Trinajstić information content (AvgIpc) is 2.53. The lowest BCUT2D eigenvalue weighted by Crippen LogP contribution is -2.39. The molecule has 90 valence electrons. The summed E-state index contributed by atoms with van der Waals surface area (Å²) in [7, 11) is 0. The largest absolute Gasteiger partial charge is 0.465 e. The fourth-order valence-corrected chi connectivity index (χ4v) is 2.20. The van der Waals surface area contributed by atoms with Crippen molar-refractivity contribution in [1.82, 2.24) is 0 Å². The van der Waals surface area contributed by atoms with Crippen LogP contribution in [0.5, 0.6) is 0 Å². The second-order valence-electron chi connectivity index (χ2n) is 4.07. The van der Waals surface area contributed by atoms with Crippen molar-refractivity contribution in [2.45, 2.75) is 18.9 Å². The molecule has 0 aliphatic carbocycles. The van der Waals surface area contributed by atoms with E-state index in [1.54, 1.807) is 18.2 Å². The number of carboxylic acid groups (broad SMARTS) is 1. The molecule has 17 heavy (non-hydrogen) atoms. The highest BCUT2D eigenvalue weighted by Crippen LogP contribution is 2.34. The summed E-state index contributed by atoms with van der Waals surface area (Å²) in [6.45, 7) is 0. The number of anilines is 2. The Morgan fingerprint density at radius 3 is 2.76 bits per heavy atom. The molecule has 1 aromatic carbocycles. The number of amides is 2. The number of primary amides is 1. The smallest absolute Gasteiger partial charge is 0.412 e. The number of benzene rings is 1. The molecule has 2 rings (SSSR count). The highest BCUT2D eigenvalue weighted by molar-refractivity contribution is 5.91. The average molecular weight is 235 g/mol. The van der Waals surface area contributed by atoms with Crippen molar-refractivity contribution in [1.29, 1.82) is 0 Å². The van der Waals surface area contributed by atoms with Crippen molar-refractivity contribution < 1.29 is 14.7 Å². The predicted molar refractivity (Wildman–Crippen MR) is 62.7 cm³/mol.